The summed E-state index contributed by atoms with van der Waals surface area (Å²) in [5.74, 6) is 0.485. The molecule has 140 valence electrons. The maximum Gasteiger partial charge on any atom is 0.353 e. The number of unbranched alkanes of at least 4 members (excludes halogenated alkanes) is 2. The summed E-state index contributed by atoms with van der Waals surface area (Å²) in [5.41, 5.74) is 4.58. The molecule has 1 aromatic carbocycles. The molecule has 1 heterocycles. The molecule has 0 saturated heterocycles. The van der Waals surface area contributed by atoms with Gasteiger partial charge in [0.1, 0.15) is 0 Å². The Morgan fingerprint density at radius 3 is 2.35 bits per heavy atom. The van der Waals surface area contributed by atoms with Crippen LogP contribution < -0.4 is 10.1 Å². The van der Waals surface area contributed by atoms with Crippen LogP contribution in [0.5, 0.6) is 5.75 Å². The summed E-state index contributed by atoms with van der Waals surface area (Å²) >= 11 is 0. The molecule has 0 amide bonds. The molecule has 26 heavy (non-hydrogen) atoms. The number of hydrogen-bond acceptors (Lipinski definition) is 5. The number of aromatic nitrogens is 1. The predicted octanol–water partition coefficient (Wildman–Crippen LogP) is 5.54. The smallest absolute Gasteiger partial charge is 0.353 e. The van der Waals surface area contributed by atoms with E-state index in [0.717, 1.165) is 41.6 Å². The molecule has 2 rings (SSSR count). The third-order valence-electron chi connectivity index (χ3n) is 4.19. The van der Waals surface area contributed by atoms with Gasteiger partial charge in [0.25, 0.3) is 0 Å². The topological polar surface area (TPSA) is 77.3 Å². The summed E-state index contributed by atoms with van der Waals surface area (Å²) in [6.45, 7) is 10.4. The van der Waals surface area contributed by atoms with E-state index in [2.05, 4.69) is 17.2 Å². The van der Waals surface area contributed by atoms with Crippen LogP contribution in [-0.4, -0.2) is 16.5 Å². The third kappa shape index (κ3) is 4.71. The van der Waals surface area contributed by atoms with Crippen molar-refractivity contribution in [3.8, 4) is 5.75 Å². The van der Waals surface area contributed by atoms with Crippen LogP contribution in [0.15, 0.2) is 18.2 Å². The van der Waals surface area contributed by atoms with Crippen molar-refractivity contribution in [1.82, 2.24) is 4.98 Å². The monoisotopic (exact) mass is 357 g/mol. The zero-order chi connectivity index (χ0) is 19.3. The highest BCUT2D eigenvalue weighted by Gasteiger charge is 2.25. The predicted molar refractivity (Wildman–Crippen MR) is 105 cm³/mol. The fourth-order valence-corrected chi connectivity index (χ4v) is 3.04. The highest BCUT2D eigenvalue weighted by Crippen LogP contribution is 2.37. The summed E-state index contributed by atoms with van der Waals surface area (Å²) in [6.07, 6.45) is 2.97. The van der Waals surface area contributed by atoms with Gasteiger partial charge in [0, 0.05) is 17.4 Å². The van der Waals surface area contributed by atoms with Gasteiger partial charge in [-0.1, -0.05) is 37.5 Å². The minimum Gasteiger partial charge on any atom is -0.487 e. The second-order valence-electron chi connectivity index (χ2n) is 6.67. The zero-order valence-corrected chi connectivity index (χ0v) is 16.2. The van der Waals surface area contributed by atoms with Gasteiger partial charge in [0.2, 0.25) is 11.6 Å². The van der Waals surface area contributed by atoms with Crippen molar-refractivity contribution in [2.45, 2.75) is 53.9 Å². The molecule has 1 aromatic heterocycles. The van der Waals surface area contributed by atoms with E-state index in [9.17, 15) is 10.1 Å². The van der Waals surface area contributed by atoms with Crippen LogP contribution in [0.1, 0.15) is 48.6 Å². The highest BCUT2D eigenvalue weighted by molar-refractivity contribution is 5.74. The second-order valence-corrected chi connectivity index (χ2v) is 6.67. The van der Waals surface area contributed by atoms with E-state index < -0.39 is 4.92 Å². The summed E-state index contributed by atoms with van der Waals surface area (Å²) in [4.78, 5) is 15.6. The van der Waals surface area contributed by atoms with Crippen molar-refractivity contribution in [2.75, 3.05) is 11.9 Å². The van der Waals surface area contributed by atoms with Crippen LogP contribution in [-0.2, 0) is 0 Å². The molecular weight excluding hydrogens is 330 g/mol. The first-order valence-electron chi connectivity index (χ1n) is 8.97. The van der Waals surface area contributed by atoms with Gasteiger partial charge in [0.15, 0.2) is 0 Å². The van der Waals surface area contributed by atoms with E-state index in [-0.39, 0.29) is 17.3 Å². The Morgan fingerprint density at radius 1 is 1.12 bits per heavy atom. The summed E-state index contributed by atoms with van der Waals surface area (Å²) in [5, 5.41) is 14.9. The molecule has 0 aliphatic heterocycles. The van der Waals surface area contributed by atoms with Crippen LogP contribution in [0.2, 0.25) is 0 Å². The number of aryl methyl sites for hydroxylation is 4. The van der Waals surface area contributed by atoms with Crippen LogP contribution >= 0.6 is 0 Å². The Kier molecular flexibility index (Phi) is 6.55. The number of nitro groups is 1. The lowest BCUT2D eigenvalue weighted by Gasteiger charge is -2.15. The molecule has 1 N–H and O–H groups in total. The number of nitrogens with zero attached hydrogens (tertiary/aromatic N) is 2. The first-order chi connectivity index (χ1) is 12.3. The van der Waals surface area contributed by atoms with Gasteiger partial charge >= 0.3 is 5.69 Å². The van der Waals surface area contributed by atoms with Gasteiger partial charge < -0.3 is 10.1 Å². The number of rotatable bonds is 8. The van der Waals surface area contributed by atoms with E-state index in [1.165, 1.54) is 0 Å². The Morgan fingerprint density at radius 2 is 1.77 bits per heavy atom. The standard InChI is InChI=1S/C20H27N3O3/c1-6-7-8-9-26-17-12-16(5)21-20(19(17)23(24)25)22-18-14(3)10-13(2)11-15(18)4/h10-12H,6-9H2,1-5H3,(H,21,22). The van der Waals surface area contributed by atoms with Gasteiger partial charge in [-0.2, -0.15) is 0 Å². The first-order valence-corrected chi connectivity index (χ1v) is 8.97. The lowest BCUT2D eigenvalue weighted by atomic mass is 10.1. The first kappa shape index (κ1) is 19.7. The van der Waals surface area contributed by atoms with Crippen molar-refractivity contribution in [3.05, 3.63) is 50.7 Å². The summed E-state index contributed by atoms with van der Waals surface area (Å²) in [7, 11) is 0. The van der Waals surface area contributed by atoms with Crippen molar-refractivity contribution >= 4 is 17.2 Å². The van der Waals surface area contributed by atoms with E-state index in [1.807, 2.05) is 39.8 Å². The minimum atomic E-state index is -0.428. The molecule has 2 aromatic rings. The lowest BCUT2D eigenvalue weighted by molar-refractivity contribution is -0.385. The highest BCUT2D eigenvalue weighted by atomic mass is 16.6. The van der Waals surface area contributed by atoms with Crippen molar-refractivity contribution < 1.29 is 9.66 Å². The maximum absolute atomic E-state index is 11.7. The van der Waals surface area contributed by atoms with Crippen molar-refractivity contribution in [1.29, 1.82) is 0 Å². The lowest BCUT2D eigenvalue weighted by Crippen LogP contribution is -2.07. The fraction of sp³-hybridized carbons (Fsp3) is 0.450. The van der Waals surface area contributed by atoms with Gasteiger partial charge in [-0.15, -0.1) is 0 Å². The molecule has 0 unspecified atom stereocenters. The quantitative estimate of drug-likeness (QED) is 0.381. The van der Waals surface area contributed by atoms with Gasteiger partial charge in [-0.3, -0.25) is 10.1 Å². The van der Waals surface area contributed by atoms with Crippen LogP contribution in [0.25, 0.3) is 0 Å². The Labute approximate surface area is 154 Å². The molecule has 0 atom stereocenters. The molecule has 0 saturated carbocycles. The van der Waals surface area contributed by atoms with E-state index in [1.54, 1.807) is 6.07 Å². The Bertz CT molecular complexity index is 780. The molecule has 0 fully saturated rings. The molecule has 0 radical (unpaired) electrons. The van der Waals surface area contributed by atoms with Crippen LogP contribution in [0.4, 0.5) is 17.2 Å². The average molecular weight is 357 g/mol. The molecular formula is C20H27N3O3. The molecule has 0 bridgehead atoms. The molecule has 0 aliphatic carbocycles. The van der Waals surface area contributed by atoms with Crippen molar-refractivity contribution in [3.63, 3.8) is 0 Å². The largest absolute Gasteiger partial charge is 0.487 e. The van der Waals surface area contributed by atoms with Crippen molar-refractivity contribution in [2.24, 2.45) is 0 Å². The number of benzene rings is 1. The van der Waals surface area contributed by atoms with E-state index in [0.29, 0.717) is 12.3 Å². The fourth-order valence-electron chi connectivity index (χ4n) is 3.04. The normalized spacial score (nSPS) is 10.7. The number of nitrogens with one attached hydrogen (secondary N) is 1. The summed E-state index contributed by atoms with van der Waals surface area (Å²) < 4.78 is 5.72. The Balaban J connectivity index is 2.41. The number of anilines is 2. The van der Waals surface area contributed by atoms with E-state index >= 15 is 0 Å². The number of ether oxygens (including phenoxy) is 1. The molecule has 0 spiro atoms. The third-order valence-corrected chi connectivity index (χ3v) is 4.19. The average Bonchev–Trinajstić information content (AvgIpc) is 2.54. The van der Waals surface area contributed by atoms with Crippen LogP contribution in [0.3, 0.4) is 0 Å². The van der Waals surface area contributed by atoms with Crippen LogP contribution in [0, 0.1) is 37.8 Å². The number of hydrogen-bond donors (Lipinski definition) is 1. The SMILES string of the molecule is CCCCCOc1cc(C)nc(Nc2c(C)cc(C)cc2C)c1[N+](=O)[O-]. The molecule has 6 heteroatoms. The van der Waals surface area contributed by atoms with Gasteiger partial charge in [0.05, 0.1) is 11.5 Å². The van der Waals surface area contributed by atoms with Gasteiger partial charge in [-0.05, 0) is 45.2 Å². The summed E-state index contributed by atoms with van der Waals surface area (Å²) in [6, 6.07) is 5.71. The Hall–Kier alpha value is -2.63. The number of pyridine rings is 1. The van der Waals surface area contributed by atoms with Gasteiger partial charge in [-0.25, -0.2) is 4.98 Å². The minimum absolute atomic E-state index is 0.119. The zero-order valence-electron chi connectivity index (χ0n) is 16.2. The maximum atomic E-state index is 11.7. The second kappa shape index (κ2) is 8.65. The molecule has 0 aliphatic rings. The molecule has 6 nitrogen and oxygen atoms in total. The van der Waals surface area contributed by atoms with E-state index in [4.69, 9.17) is 4.74 Å².